The standard InChI is InChI=1S/C12H14N2O2/c1-8(12(15)16)9(2)14-11-5-3-4-10(6-11)7-13/h3-6,8-9,14H,1-2H3,(H,15,16). The van der Waals surface area contributed by atoms with Crippen LogP contribution in [0.15, 0.2) is 24.3 Å². The van der Waals surface area contributed by atoms with Gasteiger partial charge in [0.05, 0.1) is 17.6 Å². The third kappa shape index (κ3) is 2.99. The zero-order valence-electron chi connectivity index (χ0n) is 9.27. The molecule has 0 bridgehead atoms. The summed E-state index contributed by atoms with van der Waals surface area (Å²) in [7, 11) is 0. The molecular weight excluding hydrogens is 204 g/mol. The summed E-state index contributed by atoms with van der Waals surface area (Å²) in [5, 5.41) is 20.6. The number of aliphatic carboxylic acids is 1. The van der Waals surface area contributed by atoms with Gasteiger partial charge in [0.1, 0.15) is 0 Å². The molecule has 0 aliphatic carbocycles. The summed E-state index contributed by atoms with van der Waals surface area (Å²) >= 11 is 0. The van der Waals surface area contributed by atoms with Crippen LogP contribution < -0.4 is 5.32 Å². The average Bonchev–Trinajstić information content (AvgIpc) is 2.28. The number of nitriles is 1. The van der Waals surface area contributed by atoms with Crippen molar-refractivity contribution in [3.63, 3.8) is 0 Å². The van der Waals surface area contributed by atoms with E-state index < -0.39 is 11.9 Å². The van der Waals surface area contributed by atoms with Crippen molar-refractivity contribution >= 4 is 11.7 Å². The van der Waals surface area contributed by atoms with Crippen molar-refractivity contribution in [2.45, 2.75) is 19.9 Å². The number of carbonyl (C=O) groups is 1. The summed E-state index contributed by atoms with van der Waals surface area (Å²) < 4.78 is 0. The van der Waals surface area contributed by atoms with Crippen molar-refractivity contribution < 1.29 is 9.90 Å². The van der Waals surface area contributed by atoms with E-state index in [1.54, 1.807) is 32.0 Å². The molecule has 0 fully saturated rings. The van der Waals surface area contributed by atoms with Gasteiger partial charge in [0, 0.05) is 11.7 Å². The van der Waals surface area contributed by atoms with Gasteiger partial charge in [-0.05, 0) is 32.0 Å². The van der Waals surface area contributed by atoms with Gasteiger partial charge in [-0.25, -0.2) is 0 Å². The molecule has 0 amide bonds. The third-order valence-corrected chi connectivity index (χ3v) is 2.53. The maximum absolute atomic E-state index is 10.8. The lowest BCUT2D eigenvalue weighted by Crippen LogP contribution is -2.29. The van der Waals surface area contributed by atoms with Crippen LogP contribution in [0.25, 0.3) is 0 Å². The van der Waals surface area contributed by atoms with Crippen LogP contribution in [0.3, 0.4) is 0 Å². The van der Waals surface area contributed by atoms with Gasteiger partial charge in [-0.2, -0.15) is 5.26 Å². The number of rotatable bonds is 4. The minimum atomic E-state index is -0.837. The van der Waals surface area contributed by atoms with Gasteiger partial charge < -0.3 is 10.4 Å². The normalized spacial score (nSPS) is 13.6. The monoisotopic (exact) mass is 218 g/mol. The van der Waals surface area contributed by atoms with E-state index in [9.17, 15) is 4.79 Å². The number of nitrogens with zero attached hydrogens (tertiary/aromatic N) is 1. The Labute approximate surface area is 94.5 Å². The van der Waals surface area contributed by atoms with E-state index in [2.05, 4.69) is 5.32 Å². The van der Waals surface area contributed by atoms with Crippen molar-refractivity contribution in [1.29, 1.82) is 5.26 Å². The van der Waals surface area contributed by atoms with Gasteiger partial charge >= 0.3 is 5.97 Å². The lowest BCUT2D eigenvalue weighted by molar-refractivity contribution is -0.141. The third-order valence-electron chi connectivity index (χ3n) is 2.53. The number of hydrogen-bond acceptors (Lipinski definition) is 3. The molecule has 0 aliphatic rings. The Kier molecular flexibility index (Phi) is 3.90. The summed E-state index contributed by atoms with van der Waals surface area (Å²) in [6.07, 6.45) is 0. The van der Waals surface area contributed by atoms with Gasteiger partial charge in [-0.1, -0.05) is 6.07 Å². The predicted octanol–water partition coefficient (Wildman–Crippen LogP) is 2.08. The highest BCUT2D eigenvalue weighted by Crippen LogP contribution is 2.14. The quantitative estimate of drug-likeness (QED) is 0.811. The fourth-order valence-corrected chi connectivity index (χ4v) is 1.28. The van der Waals surface area contributed by atoms with Crippen LogP contribution >= 0.6 is 0 Å². The topological polar surface area (TPSA) is 73.1 Å². The zero-order chi connectivity index (χ0) is 12.1. The van der Waals surface area contributed by atoms with Crippen LogP contribution in [0.5, 0.6) is 0 Å². The lowest BCUT2D eigenvalue weighted by Gasteiger charge is -2.18. The van der Waals surface area contributed by atoms with E-state index in [1.807, 2.05) is 12.1 Å². The molecule has 4 nitrogen and oxygen atoms in total. The molecule has 2 unspecified atom stereocenters. The van der Waals surface area contributed by atoms with E-state index in [1.165, 1.54) is 0 Å². The summed E-state index contributed by atoms with van der Waals surface area (Å²) in [5.41, 5.74) is 1.32. The van der Waals surface area contributed by atoms with Crippen LogP contribution in [0.1, 0.15) is 19.4 Å². The first-order valence-electron chi connectivity index (χ1n) is 5.04. The van der Waals surface area contributed by atoms with Gasteiger partial charge in [0.15, 0.2) is 0 Å². The minimum absolute atomic E-state index is 0.188. The Morgan fingerprint density at radius 3 is 2.75 bits per heavy atom. The van der Waals surface area contributed by atoms with Gasteiger partial charge in [0.2, 0.25) is 0 Å². The number of benzene rings is 1. The number of nitrogens with one attached hydrogen (secondary N) is 1. The molecule has 2 atom stereocenters. The second-order valence-corrected chi connectivity index (χ2v) is 3.75. The predicted molar refractivity (Wildman–Crippen MR) is 61.0 cm³/mol. The van der Waals surface area contributed by atoms with E-state index in [0.717, 1.165) is 5.69 Å². The van der Waals surface area contributed by atoms with E-state index in [4.69, 9.17) is 10.4 Å². The molecule has 0 saturated heterocycles. The molecule has 0 aliphatic heterocycles. The summed E-state index contributed by atoms with van der Waals surface area (Å²) in [6, 6.07) is 8.83. The molecule has 4 heteroatoms. The first-order valence-corrected chi connectivity index (χ1v) is 5.04. The van der Waals surface area contributed by atoms with E-state index >= 15 is 0 Å². The van der Waals surface area contributed by atoms with Crippen LogP contribution in [-0.4, -0.2) is 17.1 Å². The summed E-state index contributed by atoms with van der Waals surface area (Å²) in [5.74, 6) is -1.32. The molecule has 16 heavy (non-hydrogen) atoms. The smallest absolute Gasteiger partial charge is 0.308 e. The van der Waals surface area contributed by atoms with E-state index in [-0.39, 0.29) is 6.04 Å². The maximum atomic E-state index is 10.8. The molecule has 0 heterocycles. The summed E-state index contributed by atoms with van der Waals surface area (Å²) in [6.45, 7) is 3.45. The Balaban J connectivity index is 2.73. The maximum Gasteiger partial charge on any atom is 0.308 e. The molecule has 2 N–H and O–H groups in total. The zero-order valence-corrected chi connectivity index (χ0v) is 9.27. The van der Waals surface area contributed by atoms with Crippen molar-refractivity contribution in [3.8, 4) is 6.07 Å². The largest absolute Gasteiger partial charge is 0.481 e. The van der Waals surface area contributed by atoms with Crippen molar-refractivity contribution in [2.75, 3.05) is 5.32 Å². The Hall–Kier alpha value is -2.02. The Morgan fingerprint density at radius 1 is 1.50 bits per heavy atom. The highest BCUT2D eigenvalue weighted by atomic mass is 16.4. The van der Waals surface area contributed by atoms with E-state index in [0.29, 0.717) is 5.56 Å². The highest BCUT2D eigenvalue weighted by molar-refractivity contribution is 5.71. The van der Waals surface area contributed by atoms with Crippen LogP contribution in [0.2, 0.25) is 0 Å². The first kappa shape index (κ1) is 12.1. The second-order valence-electron chi connectivity index (χ2n) is 3.75. The first-order chi connectivity index (χ1) is 7.54. The molecule has 0 radical (unpaired) electrons. The Bertz CT molecular complexity index is 423. The Morgan fingerprint density at radius 2 is 2.19 bits per heavy atom. The van der Waals surface area contributed by atoms with Gasteiger partial charge in [0.25, 0.3) is 0 Å². The summed E-state index contributed by atoms with van der Waals surface area (Å²) in [4.78, 5) is 10.8. The minimum Gasteiger partial charge on any atom is -0.481 e. The lowest BCUT2D eigenvalue weighted by atomic mass is 10.0. The average molecular weight is 218 g/mol. The fourth-order valence-electron chi connectivity index (χ4n) is 1.28. The number of carboxylic acid groups (broad SMARTS) is 1. The van der Waals surface area contributed by atoms with Crippen LogP contribution in [0.4, 0.5) is 5.69 Å². The van der Waals surface area contributed by atoms with Crippen LogP contribution in [0, 0.1) is 17.2 Å². The molecule has 84 valence electrons. The van der Waals surface area contributed by atoms with Gasteiger partial charge in [-0.15, -0.1) is 0 Å². The van der Waals surface area contributed by atoms with Gasteiger partial charge in [-0.3, -0.25) is 4.79 Å². The van der Waals surface area contributed by atoms with Crippen molar-refractivity contribution in [1.82, 2.24) is 0 Å². The van der Waals surface area contributed by atoms with Crippen molar-refractivity contribution in [2.24, 2.45) is 5.92 Å². The molecular formula is C12H14N2O2. The second kappa shape index (κ2) is 5.17. The fraction of sp³-hybridized carbons (Fsp3) is 0.333. The SMILES string of the molecule is CC(Nc1cccc(C#N)c1)C(C)C(=O)O. The highest BCUT2D eigenvalue weighted by Gasteiger charge is 2.18. The van der Waals surface area contributed by atoms with Crippen LogP contribution in [-0.2, 0) is 4.79 Å². The number of anilines is 1. The number of hydrogen-bond donors (Lipinski definition) is 2. The molecule has 0 saturated carbocycles. The molecule has 1 aromatic carbocycles. The molecule has 0 aromatic heterocycles. The number of carboxylic acids is 1. The molecule has 1 rings (SSSR count). The molecule has 0 spiro atoms. The molecule has 1 aromatic rings. The van der Waals surface area contributed by atoms with Crippen molar-refractivity contribution in [3.05, 3.63) is 29.8 Å².